The molecule has 1 atom stereocenters. The summed E-state index contributed by atoms with van der Waals surface area (Å²) in [6, 6.07) is -0.508. The Labute approximate surface area is 101 Å². The Morgan fingerprint density at radius 3 is 2.31 bits per heavy atom. The summed E-state index contributed by atoms with van der Waals surface area (Å²) in [5.74, 6) is 0.565. The lowest BCUT2D eigenvalue weighted by molar-refractivity contribution is -0.118. The number of nitrogens with two attached hydrogens (primary N) is 1. The predicted octanol–water partition coefficient (Wildman–Crippen LogP) is 1.13. The number of aryl methyl sites for hydroxylation is 1. The maximum Gasteiger partial charge on any atom is 0.241 e. The van der Waals surface area contributed by atoms with E-state index < -0.39 is 6.04 Å². The molecule has 0 radical (unpaired) electrons. The Morgan fingerprint density at radius 2 is 1.88 bits per heavy atom. The minimum atomic E-state index is -0.508. The largest absolute Gasteiger partial charge is 0.322 e. The van der Waals surface area contributed by atoms with Crippen LogP contribution in [0.2, 0.25) is 0 Å². The van der Waals surface area contributed by atoms with E-state index in [1.54, 1.807) is 19.3 Å². The van der Waals surface area contributed by atoms with Crippen LogP contribution in [-0.2, 0) is 4.79 Å². The summed E-state index contributed by atoms with van der Waals surface area (Å²) in [6.07, 6.45) is 3.13. The standard InChI is InChI=1S/C10H16N4O.ClH/c1-6(2)9(11)10(15)14-8-4-12-7(3)13-5-8;/h4-6,9H,11H2,1-3H3,(H,14,15);1H/t9-;/m0./s1. The number of carbonyl (C=O) groups is 1. The molecule has 5 nitrogen and oxygen atoms in total. The van der Waals surface area contributed by atoms with Gasteiger partial charge in [0.05, 0.1) is 24.1 Å². The van der Waals surface area contributed by atoms with Crippen molar-refractivity contribution in [1.29, 1.82) is 0 Å². The Bertz CT molecular complexity index is 339. The second kappa shape index (κ2) is 6.40. The van der Waals surface area contributed by atoms with E-state index in [-0.39, 0.29) is 24.2 Å². The van der Waals surface area contributed by atoms with Crippen LogP contribution in [0.25, 0.3) is 0 Å². The van der Waals surface area contributed by atoms with Crippen LogP contribution in [0, 0.1) is 12.8 Å². The molecule has 0 saturated heterocycles. The zero-order chi connectivity index (χ0) is 11.4. The summed E-state index contributed by atoms with van der Waals surface area (Å²) in [4.78, 5) is 19.5. The summed E-state index contributed by atoms with van der Waals surface area (Å²) in [6.45, 7) is 5.58. The molecule has 0 aliphatic heterocycles. The number of aromatic nitrogens is 2. The molecule has 0 saturated carbocycles. The predicted molar refractivity (Wildman–Crippen MR) is 65.5 cm³/mol. The van der Waals surface area contributed by atoms with E-state index in [9.17, 15) is 4.79 Å². The third-order valence-electron chi connectivity index (χ3n) is 2.07. The van der Waals surface area contributed by atoms with Crippen LogP contribution in [0.4, 0.5) is 5.69 Å². The van der Waals surface area contributed by atoms with Crippen molar-refractivity contribution in [3.8, 4) is 0 Å². The number of nitrogens with zero attached hydrogens (tertiary/aromatic N) is 2. The summed E-state index contributed by atoms with van der Waals surface area (Å²) in [5, 5.41) is 2.66. The fourth-order valence-electron chi connectivity index (χ4n) is 0.985. The molecule has 1 amide bonds. The van der Waals surface area contributed by atoms with E-state index in [2.05, 4.69) is 15.3 Å². The zero-order valence-corrected chi connectivity index (χ0v) is 10.4. The van der Waals surface area contributed by atoms with Gasteiger partial charge in [-0.15, -0.1) is 12.4 Å². The molecule has 0 spiro atoms. The monoisotopic (exact) mass is 244 g/mol. The normalized spacial score (nSPS) is 11.8. The fraction of sp³-hybridized carbons (Fsp3) is 0.500. The van der Waals surface area contributed by atoms with E-state index in [4.69, 9.17) is 5.73 Å². The van der Waals surface area contributed by atoms with Gasteiger partial charge in [-0.1, -0.05) is 13.8 Å². The Morgan fingerprint density at radius 1 is 1.38 bits per heavy atom. The molecule has 1 aromatic rings. The van der Waals surface area contributed by atoms with Crippen molar-refractivity contribution < 1.29 is 4.79 Å². The van der Waals surface area contributed by atoms with Gasteiger partial charge >= 0.3 is 0 Å². The highest BCUT2D eigenvalue weighted by atomic mass is 35.5. The van der Waals surface area contributed by atoms with Gasteiger partial charge in [-0.2, -0.15) is 0 Å². The summed E-state index contributed by atoms with van der Waals surface area (Å²) < 4.78 is 0. The van der Waals surface area contributed by atoms with Gasteiger partial charge in [-0.05, 0) is 12.8 Å². The summed E-state index contributed by atoms with van der Waals surface area (Å²) >= 11 is 0. The van der Waals surface area contributed by atoms with Gasteiger partial charge in [0.25, 0.3) is 0 Å². The minimum absolute atomic E-state index is 0. The van der Waals surface area contributed by atoms with E-state index in [0.29, 0.717) is 11.5 Å². The van der Waals surface area contributed by atoms with Crippen molar-refractivity contribution >= 4 is 24.0 Å². The Balaban J connectivity index is 0.00000225. The van der Waals surface area contributed by atoms with E-state index in [1.165, 1.54) is 0 Å². The SMILES string of the molecule is Cc1ncc(NC(=O)[C@@H](N)C(C)C)cn1.Cl. The van der Waals surface area contributed by atoms with Crippen molar-refractivity contribution in [1.82, 2.24) is 9.97 Å². The first-order valence-electron chi connectivity index (χ1n) is 4.86. The maximum absolute atomic E-state index is 11.5. The first-order chi connectivity index (χ1) is 7.00. The molecule has 0 bridgehead atoms. The van der Waals surface area contributed by atoms with Crippen LogP contribution in [0.1, 0.15) is 19.7 Å². The van der Waals surface area contributed by atoms with Crippen molar-refractivity contribution in [3.63, 3.8) is 0 Å². The lowest BCUT2D eigenvalue weighted by atomic mass is 10.1. The number of hydrogen-bond donors (Lipinski definition) is 2. The van der Waals surface area contributed by atoms with E-state index >= 15 is 0 Å². The second-order valence-electron chi connectivity index (χ2n) is 3.78. The van der Waals surface area contributed by atoms with Crippen LogP contribution in [0.15, 0.2) is 12.4 Å². The Hall–Kier alpha value is -1.20. The van der Waals surface area contributed by atoms with Crippen LogP contribution in [0.3, 0.4) is 0 Å². The average Bonchev–Trinajstić information content (AvgIpc) is 2.20. The molecule has 0 aliphatic carbocycles. The van der Waals surface area contributed by atoms with Gasteiger partial charge < -0.3 is 11.1 Å². The highest BCUT2D eigenvalue weighted by Gasteiger charge is 2.17. The lowest BCUT2D eigenvalue weighted by Crippen LogP contribution is -2.39. The zero-order valence-electron chi connectivity index (χ0n) is 9.60. The lowest BCUT2D eigenvalue weighted by Gasteiger charge is -2.14. The topological polar surface area (TPSA) is 80.9 Å². The third kappa shape index (κ3) is 4.12. The molecule has 90 valence electrons. The molecule has 0 fully saturated rings. The molecule has 1 rings (SSSR count). The Kier molecular flexibility index (Phi) is 5.92. The summed E-state index contributed by atoms with van der Waals surface area (Å²) in [5.41, 5.74) is 6.26. The van der Waals surface area contributed by atoms with Gasteiger partial charge in [0.1, 0.15) is 5.82 Å². The van der Waals surface area contributed by atoms with Gasteiger partial charge in [0.2, 0.25) is 5.91 Å². The number of amides is 1. The van der Waals surface area contributed by atoms with Crippen molar-refractivity contribution in [3.05, 3.63) is 18.2 Å². The number of nitrogens with one attached hydrogen (secondary N) is 1. The van der Waals surface area contributed by atoms with E-state index in [0.717, 1.165) is 0 Å². The van der Waals surface area contributed by atoms with Crippen molar-refractivity contribution in [2.24, 2.45) is 11.7 Å². The number of anilines is 1. The molecule has 0 unspecified atom stereocenters. The molecule has 3 N–H and O–H groups in total. The number of hydrogen-bond acceptors (Lipinski definition) is 4. The summed E-state index contributed by atoms with van der Waals surface area (Å²) in [7, 11) is 0. The highest BCUT2D eigenvalue weighted by molar-refractivity contribution is 5.94. The average molecular weight is 245 g/mol. The van der Waals surface area contributed by atoms with Gasteiger partial charge in [0, 0.05) is 0 Å². The van der Waals surface area contributed by atoms with Crippen molar-refractivity contribution in [2.75, 3.05) is 5.32 Å². The first kappa shape index (κ1) is 14.8. The molecular weight excluding hydrogens is 228 g/mol. The molecule has 0 aliphatic rings. The molecule has 6 heteroatoms. The number of rotatable bonds is 3. The molecule has 1 heterocycles. The minimum Gasteiger partial charge on any atom is -0.322 e. The smallest absolute Gasteiger partial charge is 0.241 e. The van der Waals surface area contributed by atoms with Gasteiger partial charge in [0.15, 0.2) is 0 Å². The molecule has 0 aromatic carbocycles. The number of halogens is 1. The number of carbonyl (C=O) groups excluding carboxylic acids is 1. The molecule has 1 aromatic heterocycles. The van der Waals surface area contributed by atoms with Crippen LogP contribution in [-0.4, -0.2) is 21.9 Å². The first-order valence-corrected chi connectivity index (χ1v) is 4.86. The van der Waals surface area contributed by atoms with Crippen molar-refractivity contribution in [2.45, 2.75) is 26.8 Å². The third-order valence-corrected chi connectivity index (χ3v) is 2.07. The molecule has 16 heavy (non-hydrogen) atoms. The fourth-order valence-corrected chi connectivity index (χ4v) is 0.985. The van der Waals surface area contributed by atoms with Gasteiger partial charge in [-0.3, -0.25) is 4.79 Å². The maximum atomic E-state index is 11.5. The second-order valence-corrected chi connectivity index (χ2v) is 3.78. The molecular formula is C10H17ClN4O. The quantitative estimate of drug-likeness (QED) is 0.835. The van der Waals surface area contributed by atoms with Crippen LogP contribution >= 0.6 is 12.4 Å². The van der Waals surface area contributed by atoms with Crippen LogP contribution < -0.4 is 11.1 Å². The highest BCUT2D eigenvalue weighted by Crippen LogP contribution is 2.05. The van der Waals surface area contributed by atoms with Crippen LogP contribution in [0.5, 0.6) is 0 Å². The van der Waals surface area contributed by atoms with E-state index in [1.807, 2.05) is 13.8 Å². The van der Waals surface area contributed by atoms with Gasteiger partial charge in [-0.25, -0.2) is 9.97 Å².